The van der Waals surface area contributed by atoms with Crippen molar-refractivity contribution in [3.05, 3.63) is 30.1 Å². The van der Waals surface area contributed by atoms with Gasteiger partial charge in [-0.15, -0.1) is 0 Å². The summed E-state index contributed by atoms with van der Waals surface area (Å²) in [6.07, 6.45) is 9.82. The fourth-order valence-corrected chi connectivity index (χ4v) is 3.30. The largest absolute Gasteiger partial charge is 0.346 e. The second-order valence-electron chi connectivity index (χ2n) is 6.18. The maximum Gasteiger partial charge on any atom is 0.137 e. The van der Waals surface area contributed by atoms with Crippen LogP contribution in [0.15, 0.2) is 24.5 Å². The van der Waals surface area contributed by atoms with Crippen molar-refractivity contribution in [1.29, 1.82) is 0 Å². The highest BCUT2D eigenvalue weighted by molar-refractivity contribution is 5.79. The van der Waals surface area contributed by atoms with Crippen molar-refractivity contribution in [2.75, 3.05) is 6.54 Å². The Hall–Kier alpha value is -1.35. The van der Waals surface area contributed by atoms with Gasteiger partial charge >= 0.3 is 0 Å². The normalized spacial score (nSPS) is 19.4. The molecule has 0 spiro atoms. The number of nitrogens with one attached hydrogen (secondary N) is 2. The molecule has 2 aromatic rings. The second-order valence-corrected chi connectivity index (χ2v) is 6.18. The van der Waals surface area contributed by atoms with Gasteiger partial charge in [0.05, 0.1) is 0 Å². The number of rotatable bonds is 6. The minimum absolute atomic E-state index is 0.948. The lowest BCUT2D eigenvalue weighted by Gasteiger charge is -2.16. The number of nitrogens with zero attached hydrogens (tertiary/aromatic N) is 1. The third-order valence-electron chi connectivity index (χ3n) is 4.69. The number of H-pyrrole nitrogens is 1. The first-order chi connectivity index (χ1) is 9.42. The van der Waals surface area contributed by atoms with Crippen molar-refractivity contribution >= 4 is 11.0 Å². The van der Waals surface area contributed by atoms with Crippen LogP contribution in [0.3, 0.4) is 0 Å². The van der Waals surface area contributed by atoms with Crippen LogP contribution in [0.25, 0.3) is 11.0 Å². The second kappa shape index (κ2) is 4.64. The Labute approximate surface area is 113 Å². The van der Waals surface area contributed by atoms with Crippen LogP contribution >= 0.6 is 0 Å². The van der Waals surface area contributed by atoms with E-state index in [0.29, 0.717) is 0 Å². The van der Waals surface area contributed by atoms with E-state index in [-0.39, 0.29) is 0 Å². The number of aromatic nitrogens is 2. The predicted molar refractivity (Wildman–Crippen MR) is 76.7 cm³/mol. The van der Waals surface area contributed by atoms with Crippen molar-refractivity contribution in [1.82, 2.24) is 15.3 Å². The molecule has 2 heterocycles. The molecule has 4 rings (SSSR count). The standard InChI is InChI=1S/C16H21N3/c1-2-14-13(9-19-16(14)18-7-1)8-17-10-15(11-3-4-11)12-5-6-12/h1-2,7,9,11-12,15,17H,3-6,8,10H2,(H,18,19). The van der Waals surface area contributed by atoms with Crippen LogP contribution in [0, 0.1) is 17.8 Å². The Kier molecular flexibility index (Phi) is 2.80. The Morgan fingerprint density at radius 1 is 1.26 bits per heavy atom. The zero-order valence-electron chi connectivity index (χ0n) is 11.2. The van der Waals surface area contributed by atoms with E-state index in [9.17, 15) is 0 Å². The van der Waals surface area contributed by atoms with E-state index in [1.807, 2.05) is 12.3 Å². The maximum absolute atomic E-state index is 4.34. The third kappa shape index (κ3) is 2.39. The molecule has 0 aromatic carbocycles. The van der Waals surface area contributed by atoms with Crippen molar-refractivity contribution in [2.24, 2.45) is 17.8 Å². The van der Waals surface area contributed by atoms with Crippen LogP contribution in [0.4, 0.5) is 0 Å². The summed E-state index contributed by atoms with van der Waals surface area (Å²) < 4.78 is 0. The molecule has 0 unspecified atom stereocenters. The summed E-state index contributed by atoms with van der Waals surface area (Å²) in [6.45, 7) is 2.16. The molecule has 2 N–H and O–H groups in total. The summed E-state index contributed by atoms with van der Waals surface area (Å²) in [4.78, 5) is 7.58. The van der Waals surface area contributed by atoms with Gasteiger partial charge in [-0.05, 0) is 67.7 Å². The fourth-order valence-electron chi connectivity index (χ4n) is 3.30. The lowest BCUT2D eigenvalue weighted by atomic mass is 9.98. The lowest BCUT2D eigenvalue weighted by molar-refractivity contribution is 0.379. The van der Waals surface area contributed by atoms with Crippen LogP contribution in [-0.4, -0.2) is 16.5 Å². The summed E-state index contributed by atoms with van der Waals surface area (Å²) in [7, 11) is 0. The molecule has 2 saturated carbocycles. The first-order valence-corrected chi connectivity index (χ1v) is 7.53. The van der Waals surface area contributed by atoms with Gasteiger partial charge in [0.2, 0.25) is 0 Å². The third-order valence-corrected chi connectivity index (χ3v) is 4.69. The highest BCUT2D eigenvalue weighted by atomic mass is 14.9. The van der Waals surface area contributed by atoms with Gasteiger partial charge in [-0.25, -0.2) is 4.98 Å². The number of hydrogen-bond acceptors (Lipinski definition) is 2. The zero-order chi connectivity index (χ0) is 12.7. The molecule has 100 valence electrons. The van der Waals surface area contributed by atoms with Crippen molar-refractivity contribution in [2.45, 2.75) is 32.2 Å². The summed E-state index contributed by atoms with van der Waals surface area (Å²) >= 11 is 0. The monoisotopic (exact) mass is 255 g/mol. The molecule has 0 saturated heterocycles. The first-order valence-electron chi connectivity index (χ1n) is 7.53. The van der Waals surface area contributed by atoms with E-state index in [1.165, 1.54) is 43.2 Å². The molecule has 0 atom stereocenters. The van der Waals surface area contributed by atoms with Crippen molar-refractivity contribution in [3.63, 3.8) is 0 Å². The molecule has 2 aliphatic carbocycles. The highest BCUT2D eigenvalue weighted by Crippen LogP contribution is 2.48. The highest BCUT2D eigenvalue weighted by Gasteiger charge is 2.40. The molecule has 3 heteroatoms. The Balaban J connectivity index is 1.39. The molecule has 0 bridgehead atoms. The SMILES string of the molecule is c1cnc2[nH]cc(CNCC(C3CC3)C3CC3)c2c1. The van der Waals surface area contributed by atoms with E-state index < -0.39 is 0 Å². The lowest BCUT2D eigenvalue weighted by Crippen LogP contribution is -2.25. The van der Waals surface area contributed by atoms with Crippen LogP contribution < -0.4 is 5.32 Å². The van der Waals surface area contributed by atoms with E-state index in [2.05, 4.69) is 27.5 Å². The topological polar surface area (TPSA) is 40.7 Å². The molecule has 19 heavy (non-hydrogen) atoms. The van der Waals surface area contributed by atoms with Gasteiger partial charge in [-0.3, -0.25) is 0 Å². The van der Waals surface area contributed by atoms with Crippen LogP contribution in [0.1, 0.15) is 31.2 Å². The molecule has 2 aliphatic rings. The van der Waals surface area contributed by atoms with Crippen LogP contribution in [0.5, 0.6) is 0 Å². The van der Waals surface area contributed by atoms with Gasteiger partial charge in [0.25, 0.3) is 0 Å². The molecule has 2 aromatic heterocycles. The summed E-state index contributed by atoms with van der Waals surface area (Å²) in [5.41, 5.74) is 2.34. The first kappa shape index (κ1) is 11.5. The van der Waals surface area contributed by atoms with Gasteiger partial charge in [0.15, 0.2) is 0 Å². The van der Waals surface area contributed by atoms with Gasteiger partial charge in [-0.2, -0.15) is 0 Å². The molecule has 2 fully saturated rings. The summed E-state index contributed by atoms with van der Waals surface area (Å²) in [5, 5.41) is 4.93. The van der Waals surface area contributed by atoms with Crippen LogP contribution in [-0.2, 0) is 6.54 Å². The predicted octanol–water partition coefficient (Wildman–Crippen LogP) is 3.09. The molecular weight excluding hydrogens is 234 g/mol. The molecule has 0 radical (unpaired) electrons. The Bertz CT molecular complexity index is 554. The van der Waals surface area contributed by atoms with E-state index in [1.54, 1.807) is 0 Å². The number of fused-ring (bicyclic) bond motifs is 1. The van der Waals surface area contributed by atoms with Gasteiger partial charge in [-0.1, -0.05) is 0 Å². The number of hydrogen-bond donors (Lipinski definition) is 2. The zero-order valence-corrected chi connectivity index (χ0v) is 11.2. The smallest absolute Gasteiger partial charge is 0.137 e. The van der Waals surface area contributed by atoms with Crippen molar-refractivity contribution in [3.8, 4) is 0 Å². The van der Waals surface area contributed by atoms with E-state index >= 15 is 0 Å². The summed E-state index contributed by atoms with van der Waals surface area (Å²) in [6, 6.07) is 4.16. The maximum atomic E-state index is 4.34. The number of pyridine rings is 1. The number of aromatic amines is 1. The van der Waals surface area contributed by atoms with Crippen molar-refractivity contribution < 1.29 is 0 Å². The average molecular weight is 255 g/mol. The summed E-state index contributed by atoms with van der Waals surface area (Å²) in [5.74, 6) is 3.01. The molecular formula is C16H21N3. The van der Waals surface area contributed by atoms with Gasteiger partial charge < -0.3 is 10.3 Å². The van der Waals surface area contributed by atoms with Crippen LogP contribution in [0.2, 0.25) is 0 Å². The minimum Gasteiger partial charge on any atom is -0.346 e. The van der Waals surface area contributed by atoms with Gasteiger partial charge in [0.1, 0.15) is 5.65 Å². The average Bonchev–Trinajstić information content (AvgIpc) is 3.34. The Morgan fingerprint density at radius 3 is 2.79 bits per heavy atom. The Morgan fingerprint density at radius 2 is 2.05 bits per heavy atom. The fraction of sp³-hybridized carbons (Fsp3) is 0.562. The van der Waals surface area contributed by atoms with E-state index in [4.69, 9.17) is 0 Å². The molecule has 0 aliphatic heterocycles. The molecule has 0 amide bonds. The van der Waals surface area contributed by atoms with Gasteiger partial charge in [0, 0.05) is 24.3 Å². The minimum atomic E-state index is 0.948. The molecule has 3 nitrogen and oxygen atoms in total. The quantitative estimate of drug-likeness (QED) is 0.832. The van der Waals surface area contributed by atoms with E-state index in [0.717, 1.165) is 29.9 Å².